The quantitative estimate of drug-likeness (QED) is 0.410. The lowest BCUT2D eigenvalue weighted by Crippen LogP contribution is -2.12. The van der Waals surface area contributed by atoms with E-state index in [1.165, 1.54) is 11.3 Å². The zero-order valence-electron chi connectivity index (χ0n) is 15.8. The van der Waals surface area contributed by atoms with E-state index in [4.69, 9.17) is 21.1 Å². The lowest BCUT2D eigenvalue weighted by Gasteiger charge is -2.13. The van der Waals surface area contributed by atoms with Crippen LogP contribution in [0, 0.1) is 13.8 Å². The molecule has 0 aliphatic rings. The van der Waals surface area contributed by atoms with E-state index in [9.17, 15) is 4.79 Å². The van der Waals surface area contributed by atoms with E-state index >= 15 is 0 Å². The van der Waals surface area contributed by atoms with Crippen molar-refractivity contribution in [2.75, 3.05) is 19.0 Å². The Hall–Kier alpha value is -1.83. The SMILES string of the molecule is COc1ccc2nc(NC(=O)CCCOc3cc(C)c(Cl)c(C)c3Br)sc2c1. The van der Waals surface area contributed by atoms with Crippen LogP contribution in [-0.4, -0.2) is 24.6 Å². The minimum Gasteiger partial charge on any atom is -0.497 e. The third-order valence-electron chi connectivity index (χ3n) is 4.22. The molecule has 1 aromatic heterocycles. The fourth-order valence-corrected chi connectivity index (χ4v) is 4.29. The second kappa shape index (κ2) is 9.11. The number of halogens is 2. The van der Waals surface area contributed by atoms with Crippen LogP contribution < -0.4 is 14.8 Å². The topological polar surface area (TPSA) is 60.5 Å². The van der Waals surface area contributed by atoms with Crippen molar-refractivity contribution in [2.45, 2.75) is 26.7 Å². The van der Waals surface area contributed by atoms with Gasteiger partial charge in [-0.05, 0) is 71.6 Å². The smallest absolute Gasteiger partial charge is 0.226 e. The maximum atomic E-state index is 12.2. The first-order valence-corrected chi connectivity index (χ1v) is 10.7. The van der Waals surface area contributed by atoms with Gasteiger partial charge in [0.25, 0.3) is 0 Å². The molecule has 0 aliphatic carbocycles. The Labute approximate surface area is 181 Å². The molecule has 0 aliphatic heterocycles. The molecular formula is C20H20BrClN2O3S. The maximum Gasteiger partial charge on any atom is 0.226 e. The minimum atomic E-state index is -0.0860. The number of thiazole rings is 1. The number of aromatic nitrogens is 1. The molecular weight excluding hydrogens is 464 g/mol. The lowest BCUT2D eigenvalue weighted by atomic mass is 10.1. The first kappa shape index (κ1) is 20.9. The lowest BCUT2D eigenvalue weighted by molar-refractivity contribution is -0.116. The molecule has 1 heterocycles. The monoisotopic (exact) mass is 482 g/mol. The van der Waals surface area contributed by atoms with Crippen molar-refractivity contribution >= 4 is 60.1 Å². The van der Waals surface area contributed by atoms with Crippen LogP contribution in [-0.2, 0) is 4.79 Å². The molecule has 0 atom stereocenters. The largest absolute Gasteiger partial charge is 0.497 e. The van der Waals surface area contributed by atoms with Crippen LogP contribution >= 0.6 is 38.9 Å². The highest BCUT2D eigenvalue weighted by atomic mass is 79.9. The molecule has 0 saturated carbocycles. The summed E-state index contributed by atoms with van der Waals surface area (Å²) in [5.41, 5.74) is 2.74. The zero-order chi connectivity index (χ0) is 20.3. The Morgan fingerprint density at radius 1 is 1.32 bits per heavy atom. The second-order valence-electron chi connectivity index (χ2n) is 6.30. The summed E-state index contributed by atoms with van der Waals surface area (Å²) in [7, 11) is 1.62. The molecule has 3 rings (SSSR count). The summed E-state index contributed by atoms with van der Waals surface area (Å²) in [4.78, 5) is 16.6. The van der Waals surface area contributed by atoms with Gasteiger partial charge in [-0.25, -0.2) is 4.98 Å². The Balaban J connectivity index is 1.51. The van der Waals surface area contributed by atoms with Crippen molar-refractivity contribution in [3.8, 4) is 11.5 Å². The number of hydrogen-bond acceptors (Lipinski definition) is 5. The fraction of sp³-hybridized carbons (Fsp3) is 0.300. The van der Waals surface area contributed by atoms with E-state index in [1.807, 2.05) is 38.1 Å². The predicted octanol–water partition coefficient (Wildman–Crippen LogP) is 6.14. The first-order chi connectivity index (χ1) is 13.4. The zero-order valence-corrected chi connectivity index (χ0v) is 18.9. The third-order valence-corrected chi connectivity index (χ3v) is 6.72. The van der Waals surface area contributed by atoms with Gasteiger partial charge in [-0.2, -0.15) is 0 Å². The summed E-state index contributed by atoms with van der Waals surface area (Å²) in [6.45, 7) is 4.31. The van der Waals surface area contributed by atoms with Gasteiger partial charge in [0.2, 0.25) is 5.91 Å². The number of ether oxygens (including phenoxy) is 2. The van der Waals surface area contributed by atoms with Gasteiger partial charge >= 0.3 is 0 Å². The number of amides is 1. The van der Waals surface area contributed by atoms with Crippen LogP contribution in [0.2, 0.25) is 5.02 Å². The number of methoxy groups -OCH3 is 1. The number of benzene rings is 2. The van der Waals surface area contributed by atoms with Crippen LogP contribution in [0.1, 0.15) is 24.0 Å². The number of anilines is 1. The highest BCUT2D eigenvalue weighted by Crippen LogP contribution is 2.35. The molecule has 8 heteroatoms. The van der Waals surface area contributed by atoms with Crippen molar-refractivity contribution in [2.24, 2.45) is 0 Å². The van der Waals surface area contributed by atoms with E-state index in [1.54, 1.807) is 7.11 Å². The fourth-order valence-electron chi connectivity index (χ4n) is 2.69. The van der Waals surface area contributed by atoms with E-state index in [2.05, 4.69) is 26.2 Å². The van der Waals surface area contributed by atoms with E-state index < -0.39 is 0 Å². The molecule has 1 N–H and O–H groups in total. The van der Waals surface area contributed by atoms with E-state index in [-0.39, 0.29) is 5.91 Å². The molecule has 5 nitrogen and oxygen atoms in total. The summed E-state index contributed by atoms with van der Waals surface area (Å²) < 4.78 is 12.8. The molecule has 0 unspecified atom stereocenters. The molecule has 2 aromatic carbocycles. The van der Waals surface area contributed by atoms with Crippen LogP contribution in [0.15, 0.2) is 28.7 Å². The van der Waals surface area contributed by atoms with Gasteiger partial charge in [0.05, 0.1) is 28.4 Å². The van der Waals surface area contributed by atoms with Crippen molar-refractivity contribution in [1.29, 1.82) is 0 Å². The van der Waals surface area contributed by atoms with Crippen molar-refractivity contribution in [3.05, 3.63) is 44.9 Å². The number of fused-ring (bicyclic) bond motifs is 1. The molecule has 0 fully saturated rings. The van der Waals surface area contributed by atoms with Gasteiger partial charge in [0.15, 0.2) is 5.13 Å². The normalized spacial score (nSPS) is 10.9. The molecule has 0 radical (unpaired) electrons. The summed E-state index contributed by atoms with van der Waals surface area (Å²) in [6.07, 6.45) is 0.945. The minimum absolute atomic E-state index is 0.0860. The highest BCUT2D eigenvalue weighted by Gasteiger charge is 2.12. The number of hydrogen-bond donors (Lipinski definition) is 1. The maximum absolute atomic E-state index is 12.2. The van der Waals surface area contributed by atoms with Crippen molar-refractivity contribution in [3.63, 3.8) is 0 Å². The van der Waals surface area contributed by atoms with E-state index in [0.29, 0.717) is 24.6 Å². The number of carbonyl (C=O) groups is 1. The van der Waals surface area contributed by atoms with Crippen molar-refractivity contribution in [1.82, 2.24) is 4.98 Å². The van der Waals surface area contributed by atoms with Gasteiger partial charge in [-0.1, -0.05) is 22.9 Å². The van der Waals surface area contributed by atoms with Gasteiger partial charge < -0.3 is 14.8 Å². The molecule has 3 aromatic rings. The number of nitrogens with one attached hydrogen (secondary N) is 1. The predicted molar refractivity (Wildman–Crippen MR) is 118 cm³/mol. The standard InChI is InChI=1S/C20H20BrClN2O3S/c1-11-9-15(18(21)12(2)19(11)22)27-8-4-5-17(25)24-20-23-14-7-6-13(26-3)10-16(14)28-20/h6-7,9-10H,4-5,8H2,1-3H3,(H,23,24,25). The van der Waals surface area contributed by atoms with Gasteiger partial charge in [0.1, 0.15) is 11.5 Å². The van der Waals surface area contributed by atoms with E-state index in [0.717, 1.165) is 42.3 Å². The first-order valence-electron chi connectivity index (χ1n) is 8.71. The Morgan fingerprint density at radius 2 is 2.11 bits per heavy atom. The van der Waals surface area contributed by atoms with Gasteiger partial charge in [-0.15, -0.1) is 0 Å². The van der Waals surface area contributed by atoms with Gasteiger partial charge in [0, 0.05) is 11.4 Å². The highest BCUT2D eigenvalue weighted by molar-refractivity contribution is 9.10. The number of aryl methyl sites for hydroxylation is 1. The number of nitrogens with zero attached hydrogens (tertiary/aromatic N) is 1. The Bertz CT molecular complexity index is 1020. The molecule has 1 amide bonds. The molecule has 0 bridgehead atoms. The number of rotatable bonds is 7. The molecule has 0 spiro atoms. The Kier molecular flexibility index (Phi) is 6.80. The summed E-state index contributed by atoms with van der Waals surface area (Å²) in [5.74, 6) is 1.42. The van der Waals surface area contributed by atoms with Crippen LogP contribution in [0.3, 0.4) is 0 Å². The summed E-state index contributed by atoms with van der Waals surface area (Å²) in [5, 5.41) is 4.16. The third kappa shape index (κ3) is 4.77. The summed E-state index contributed by atoms with van der Waals surface area (Å²) in [6, 6.07) is 7.53. The average Bonchev–Trinajstić information content (AvgIpc) is 3.08. The van der Waals surface area contributed by atoms with Crippen LogP contribution in [0.4, 0.5) is 5.13 Å². The Morgan fingerprint density at radius 3 is 2.86 bits per heavy atom. The summed E-state index contributed by atoms with van der Waals surface area (Å²) >= 11 is 11.2. The van der Waals surface area contributed by atoms with Crippen molar-refractivity contribution < 1.29 is 14.3 Å². The van der Waals surface area contributed by atoms with Crippen LogP contribution in [0.5, 0.6) is 11.5 Å². The molecule has 148 valence electrons. The van der Waals surface area contributed by atoms with Gasteiger partial charge in [-0.3, -0.25) is 4.79 Å². The average molecular weight is 484 g/mol. The van der Waals surface area contributed by atoms with Crippen LogP contribution in [0.25, 0.3) is 10.2 Å². The molecule has 0 saturated heterocycles. The number of carbonyl (C=O) groups excluding carboxylic acids is 1. The second-order valence-corrected chi connectivity index (χ2v) is 8.50. The molecule has 28 heavy (non-hydrogen) atoms.